The molecule has 20 heavy (non-hydrogen) atoms. The molecule has 0 aromatic rings. The van der Waals surface area contributed by atoms with Crippen molar-refractivity contribution in [3.63, 3.8) is 0 Å². The molecule has 2 atom stereocenters. The summed E-state index contributed by atoms with van der Waals surface area (Å²) in [5.74, 6) is -0.659. The first kappa shape index (κ1) is 17.4. The summed E-state index contributed by atoms with van der Waals surface area (Å²) in [5.41, 5.74) is 0. The number of carbonyl (C=O) groups excluding carboxylic acids is 1. The fourth-order valence-electron chi connectivity index (χ4n) is 2.85. The Morgan fingerprint density at radius 3 is 2.30 bits per heavy atom. The molecule has 1 rings (SSSR count). The topological polar surface area (TPSA) is 63.7 Å². The number of sulfonamides is 1. The zero-order valence-electron chi connectivity index (χ0n) is 13.1. The largest absolute Gasteiger partial charge is 0.469 e. The standard InChI is InChI=1S/C14H27NO4S/c1-10(2)9-15(11(3)4)20(17,18)13-8-6-7-12(13)14(16)19-5/h10-13H,6-9H2,1-5H3. The van der Waals surface area contributed by atoms with Crippen molar-refractivity contribution in [1.29, 1.82) is 0 Å². The van der Waals surface area contributed by atoms with Crippen molar-refractivity contribution >= 4 is 16.0 Å². The summed E-state index contributed by atoms with van der Waals surface area (Å²) in [6.07, 6.45) is 1.91. The average Bonchev–Trinajstić information content (AvgIpc) is 2.84. The van der Waals surface area contributed by atoms with Crippen LogP contribution in [0.1, 0.15) is 47.0 Å². The zero-order valence-corrected chi connectivity index (χ0v) is 13.9. The number of hydrogen-bond donors (Lipinski definition) is 0. The van der Waals surface area contributed by atoms with Crippen LogP contribution in [-0.4, -0.2) is 43.6 Å². The van der Waals surface area contributed by atoms with E-state index in [2.05, 4.69) is 0 Å². The second-order valence-electron chi connectivity index (χ2n) is 6.20. The van der Waals surface area contributed by atoms with Crippen LogP contribution in [0.5, 0.6) is 0 Å². The number of rotatable bonds is 6. The molecule has 0 amide bonds. The highest BCUT2D eigenvalue weighted by Gasteiger charge is 2.45. The average molecular weight is 305 g/mol. The molecular formula is C14H27NO4S. The van der Waals surface area contributed by atoms with Gasteiger partial charge in [0.15, 0.2) is 0 Å². The third kappa shape index (κ3) is 3.73. The van der Waals surface area contributed by atoms with Gasteiger partial charge in [0.2, 0.25) is 10.0 Å². The Morgan fingerprint density at radius 2 is 1.85 bits per heavy atom. The van der Waals surface area contributed by atoms with E-state index in [0.29, 0.717) is 19.4 Å². The van der Waals surface area contributed by atoms with E-state index in [9.17, 15) is 13.2 Å². The molecule has 0 aliphatic heterocycles. The van der Waals surface area contributed by atoms with Crippen molar-refractivity contribution in [2.75, 3.05) is 13.7 Å². The van der Waals surface area contributed by atoms with E-state index in [1.54, 1.807) is 4.31 Å². The van der Waals surface area contributed by atoms with E-state index in [-0.39, 0.29) is 12.0 Å². The van der Waals surface area contributed by atoms with Gasteiger partial charge < -0.3 is 4.74 Å². The fourth-order valence-corrected chi connectivity index (χ4v) is 5.41. The molecule has 0 heterocycles. The van der Waals surface area contributed by atoms with Crippen LogP contribution in [-0.2, 0) is 19.6 Å². The number of methoxy groups -OCH3 is 1. The van der Waals surface area contributed by atoms with Gasteiger partial charge in [0, 0.05) is 12.6 Å². The highest BCUT2D eigenvalue weighted by molar-refractivity contribution is 7.89. The molecule has 1 aliphatic rings. The molecule has 1 aliphatic carbocycles. The first-order valence-electron chi connectivity index (χ1n) is 7.30. The van der Waals surface area contributed by atoms with Gasteiger partial charge in [-0.1, -0.05) is 20.3 Å². The summed E-state index contributed by atoms with van der Waals surface area (Å²) in [7, 11) is -2.15. The Bertz CT molecular complexity index is 430. The van der Waals surface area contributed by atoms with Gasteiger partial charge in [0.25, 0.3) is 0 Å². The van der Waals surface area contributed by atoms with E-state index in [0.717, 1.165) is 6.42 Å². The maximum Gasteiger partial charge on any atom is 0.310 e. The van der Waals surface area contributed by atoms with E-state index in [1.165, 1.54) is 7.11 Å². The lowest BCUT2D eigenvalue weighted by Gasteiger charge is -2.31. The fraction of sp³-hybridized carbons (Fsp3) is 0.929. The van der Waals surface area contributed by atoms with Gasteiger partial charge in [-0.15, -0.1) is 0 Å². The van der Waals surface area contributed by atoms with Crippen molar-refractivity contribution in [2.24, 2.45) is 11.8 Å². The van der Waals surface area contributed by atoms with Crippen LogP contribution >= 0.6 is 0 Å². The minimum atomic E-state index is -3.47. The normalized spacial score (nSPS) is 23.8. The number of ether oxygens (including phenoxy) is 1. The summed E-state index contributed by atoms with van der Waals surface area (Å²) in [6, 6.07) is -0.0960. The Kier molecular flexibility index (Phi) is 6.01. The molecule has 118 valence electrons. The summed E-state index contributed by atoms with van der Waals surface area (Å²) in [4.78, 5) is 11.8. The second-order valence-corrected chi connectivity index (χ2v) is 8.31. The van der Waals surface area contributed by atoms with Crippen molar-refractivity contribution in [3.05, 3.63) is 0 Å². The Labute approximate surface area is 122 Å². The third-order valence-corrected chi connectivity index (χ3v) is 6.34. The van der Waals surface area contributed by atoms with Gasteiger partial charge in [-0.25, -0.2) is 8.42 Å². The van der Waals surface area contributed by atoms with Crippen LogP contribution in [0.25, 0.3) is 0 Å². The molecule has 2 unspecified atom stereocenters. The minimum Gasteiger partial charge on any atom is -0.469 e. The number of hydrogen-bond acceptors (Lipinski definition) is 4. The molecule has 1 fully saturated rings. The second kappa shape index (κ2) is 6.89. The molecule has 0 aromatic carbocycles. The van der Waals surface area contributed by atoms with Crippen LogP contribution in [0.3, 0.4) is 0 Å². The Hall–Kier alpha value is -0.620. The van der Waals surface area contributed by atoms with E-state index in [4.69, 9.17) is 4.74 Å². The minimum absolute atomic E-state index is 0.0960. The maximum atomic E-state index is 12.9. The summed E-state index contributed by atoms with van der Waals surface area (Å²) >= 11 is 0. The van der Waals surface area contributed by atoms with Crippen molar-refractivity contribution < 1.29 is 17.9 Å². The molecular weight excluding hydrogens is 278 g/mol. The van der Waals surface area contributed by atoms with Crippen LogP contribution in [0.2, 0.25) is 0 Å². The zero-order chi connectivity index (χ0) is 15.5. The first-order valence-corrected chi connectivity index (χ1v) is 8.80. The predicted molar refractivity (Wildman–Crippen MR) is 78.7 cm³/mol. The molecule has 0 spiro atoms. The number of carbonyl (C=O) groups is 1. The highest BCUT2D eigenvalue weighted by Crippen LogP contribution is 2.34. The van der Waals surface area contributed by atoms with Gasteiger partial charge in [-0.2, -0.15) is 4.31 Å². The van der Waals surface area contributed by atoms with Crippen molar-refractivity contribution in [3.8, 4) is 0 Å². The SMILES string of the molecule is COC(=O)C1CCCC1S(=O)(=O)N(CC(C)C)C(C)C. The molecule has 5 nitrogen and oxygen atoms in total. The summed E-state index contributed by atoms with van der Waals surface area (Å²) in [5, 5.41) is -0.629. The van der Waals surface area contributed by atoms with Gasteiger partial charge in [0.05, 0.1) is 18.3 Å². The quantitative estimate of drug-likeness (QED) is 0.704. The third-order valence-electron chi connectivity index (χ3n) is 3.79. The Balaban J connectivity index is 3.03. The molecule has 1 saturated carbocycles. The van der Waals surface area contributed by atoms with Crippen LogP contribution in [0, 0.1) is 11.8 Å². The summed E-state index contributed by atoms with van der Waals surface area (Å²) < 4.78 is 32.0. The highest BCUT2D eigenvalue weighted by atomic mass is 32.2. The van der Waals surface area contributed by atoms with Crippen molar-refractivity contribution in [2.45, 2.75) is 58.2 Å². The van der Waals surface area contributed by atoms with Crippen LogP contribution in [0.15, 0.2) is 0 Å². The number of esters is 1. The van der Waals surface area contributed by atoms with E-state index in [1.807, 2.05) is 27.7 Å². The summed E-state index contributed by atoms with van der Waals surface area (Å²) in [6.45, 7) is 8.24. The maximum absolute atomic E-state index is 12.9. The van der Waals surface area contributed by atoms with Crippen LogP contribution < -0.4 is 0 Å². The molecule has 0 bridgehead atoms. The molecule has 6 heteroatoms. The van der Waals surface area contributed by atoms with E-state index >= 15 is 0 Å². The Morgan fingerprint density at radius 1 is 1.25 bits per heavy atom. The van der Waals surface area contributed by atoms with Gasteiger partial charge in [0.1, 0.15) is 0 Å². The van der Waals surface area contributed by atoms with E-state index < -0.39 is 27.2 Å². The predicted octanol–water partition coefficient (Wildman–Crippen LogP) is 2.02. The van der Waals surface area contributed by atoms with Gasteiger partial charge >= 0.3 is 5.97 Å². The lowest BCUT2D eigenvalue weighted by molar-refractivity contribution is -0.145. The monoisotopic (exact) mass is 305 g/mol. The molecule has 0 N–H and O–H groups in total. The lowest BCUT2D eigenvalue weighted by Crippen LogP contribution is -2.47. The van der Waals surface area contributed by atoms with Gasteiger partial charge in [-0.05, 0) is 32.6 Å². The molecule has 0 saturated heterocycles. The first-order chi connectivity index (χ1) is 9.21. The molecule has 0 aromatic heterocycles. The smallest absolute Gasteiger partial charge is 0.310 e. The van der Waals surface area contributed by atoms with Crippen LogP contribution in [0.4, 0.5) is 0 Å². The van der Waals surface area contributed by atoms with Gasteiger partial charge in [-0.3, -0.25) is 4.79 Å². The number of nitrogens with zero attached hydrogens (tertiary/aromatic N) is 1. The van der Waals surface area contributed by atoms with Crippen molar-refractivity contribution in [1.82, 2.24) is 4.31 Å². The lowest BCUT2D eigenvalue weighted by atomic mass is 10.1. The molecule has 0 radical (unpaired) electrons.